The molecule has 0 radical (unpaired) electrons. The minimum atomic E-state index is -0.432. The molecule has 1 aromatic carbocycles. The van der Waals surface area contributed by atoms with Gasteiger partial charge < -0.3 is 4.52 Å². The SMILES string of the molecule is CN(Cc1nc(-c2cccc([N+](=O)[O-])c2)no1)C1CCCC1. The van der Waals surface area contributed by atoms with E-state index in [-0.39, 0.29) is 5.69 Å². The van der Waals surface area contributed by atoms with E-state index in [9.17, 15) is 10.1 Å². The molecule has 22 heavy (non-hydrogen) atoms. The third kappa shape index (κ3) is 3.14. The van der Waals surface area contributed by atoms with Gasteiger partial charge in [0.05, 0.1) is 11.5 Å². The molecule has 0 bridgehead atoms. The van der Waals surface area contributed by atoms with Crippen molar-refractivity contribution in [3.63, 3.8) is 0 Å². The van der Waals surface area contributed by atoms with E-state index in [0.717, 1.165) is 0 Å². The lowest BCUT2D eigenvalue weighted by atomic mass is 10.2. The number of benzene rings is 1. The number of hydrogen-bond acceptors (Lipinski definition) is 6. The Balaban J connectivity index is 1.73. The van der Waals surface area contributed by atoms with Crippen molar-refractivity contribution >= 4 is 5.69 Å². The average Bonchev–Trinajstić information content (AvgIpc) is 3.19. The maximum Gasteiger partial charge on any atom is 0.270 e. The second kappa shape index (κ2) is 6.23. The molecule has 0 unspecified atom stereocenters. The lowest BCUT2D eigenvalue weighted by Crippen LogP contribution is -2.28. The minimum Gasteiger partial charge on any atom is -0.338 e. The molecule has 3 rings (SSSR count). The summed E-state index contributed by atoms with van der Waals surface area (Å²) in [6.07, 6.45) is 4.97. The molecule has 0 amide bonds. The molecule has 7 nitrogen and oxygen atoms in total. The van der Waals surface area contributed by atoms with Crippen LogP contribution in [0.25, 0.3) is 11.4 Å². The maximum absolute atomic E-state index is 10.8. The Morgan fingerprint density at radius 2 is 2.18 bits per heavy atom. The first-order valence-electron chi connectivity index (χ1n) is 7.41. The third-order valence-corrected chi connectivity index (χ3v) is 4.12. The molecule has 1 aliphatic rings. The van der Waals surface area contributed by atoms with Gasteiger partial charge in [-0.2, -0.15) is 4.98 Å². The number of rotatable bonds is 5. The van der Waals surface area contributed by atoms with E-state index in [0.29, 0.717) is 29.9 Å². The summed E-state index contributed by atoms with van der Waals surface area (Å²) in [4.78, 5) is 17.0. The van der Waals surface area contributed by atoms with Crippen LogP contribution in [-0.4, -0.2) is 33.1 Å². The zero-order valence-electron chi connectivity index (χ0n) is 12.4. The molecule has 1 aliphatic carbocycles. The van der Waals surface area contributed by atoms with Gasteiger partial charge in [0.1, 0.15) is 0 Å². The minimum absolute atomic E-state index is 0.0203. The number of nitrogens with zero attached hydrogens (tertiary/aromatic N) is 4. The number of hydrogen-bond donors (Lipinski definition) is 0. The van der Waals surface area contributed by atoms with Crippen LogP contribution in [0.4, 0.5) is 5.69 Å². The summed E-state index contributed by atoms with van der Waals surface area (Å²) in [7, 11) is 2.06. The summed E-state index contributed by atoms with van der Waals surface area (Å²) >= 11 is 0. The van der Waals surface area contributed by atoms with Crippen LogP contribution >= 0.6 is 0 Å². The monoisotopic (exact) mass is 302 g/mol. The summed E-state index contributed by atoms with van der Waals surface area (Å²) in [6, 6.07) is 6.83. The Bertz CT molecular complexity index is 664. The predicted molar refractivity (Wildman–Crippen MR) is 80.1 cm³/mol. The first-order valence-corrected chi connectivity index (χ1v) is 7.41. The molecule has 1 fully saturated rings. The van der Waals surface area contributed by atoms with Crippen molar-refractivity contribution in [1.82, 2.24) is 15.0 Å². The van der Waals surface area contributed by atoms with Crippen LogP contribution < -0.4 is 0 Å². The van der Waals surface area contributed by atoms with Crippen molar-refractivity contribution in [2.45, 2.75) is 38.3 Å². The van der Waals surface area contributed by atoms with Gasteiger partial charge in [0.15, 0.2) is 0 Å². The zero-order valence-corrected chi connectivity index (χ0v) is 12.4. The van der Waals surface area contributed by atoms with Gasteiger partial charge in [0.2, 0.25) is 11.7 Å². The van der Waals surface area contributed by atoms with Gasteiger partial charge in [0.25, 0.3) is 5.69 Å². The second-order valence-corrected chi connectivity index (χ2v) is 5.67. The standard InChI is InChI=1S/C15H18N4O3/c1-18(12-6-2-3-7-12)10-14-16-15(17-22-14)11-5-4-8-13(9-11)19(20)21/h4-5,8-9,12H,2-3,6-7,10H2,1H3. The normalized spacial score (nSPS) is 15.5. The van der Waals surface area contributed by atoms with Crippen molar-refractivity contribution in [2.75, 3.05) is 7.05 Å². The van der Waals surface area contributed by atoms with E-state index in [1.54, 1.807) is 12.1 Å². The highest BCUT2D eigenvalue weighted by atomic mass is 16.6. The van der Waals surface area contributed by atoms with Crippen LogP contribution in [0.2, 0.25) is 0 Å². The van der Waals surface area contributed by atoms with Crippen molar-refractivity contribution in [1.29, 1.82) is 0 Å². The Hall–Kier alpha value is -2.28. The highest BCUT2D eigenvalue weighted by molar-refractivity contribution is 5.58. The molecule has 0 atom stereocenters. The molecule has 0 N–H and O–H groups in total. The fraction of sp³-hybridized carbons (Fsp3) is 0.467. The molecule has 1 aromatic heterocycles. The largest absolute Gasteiger partial charge is 0.338 e. The van der Waals surface area contributed by atoms with Crippen LogP contribution in [0.1, 0.15) is 31.6 Å². The van der Waals surface area contributed by atoms with E-state index in [2.05, 4.69) is 22.1 Å². The van der Waals surface area contributed by atoms with E-state index in [4.69, 9.17) is 4.52 Å². The van der Waals surface area contributed by atoms with Crippen LogP contribution in [0.5, 0.6) is 0 Å². The number of nitro benzene ring substituents is 1. The maximum atomic E-state index is 10.8. The lowest BCUT2D eigenvalue weighted by molar-refractivity contribution is -0.384. The van der Waals surface area contributed by atoms with Crippen molar-refractivity contribution in [3.8, 4) is 11.4 Å². The third-order valence-electron chi connectivity index (χ3n) is 4.12. The van der Waals surface area contributed by atoms with Gasteiger partial charge in [-0.15, -0.1) is 0 Å². The molecular formula is C15H18N4O3. The van der Waals surface area contributed by atoms with E-state index >= 15 is 0 Å². The van der Waals surface area contributed by atoms with Gasteiger partial charge in [-0.1, -0.05) is 30.1 Å². The van der Waals surface area contributed by atoms with Gasteiger partial charge in [-0.05, 0) is 19.9 Å². The number of nitro groups is 1. The first kappa shape index (κ1) is 14.6. The van der Waals surface area contributed by atoms with E-state index in [1.165, 1.54) is 37.8 Å². The summed E-state index contributed by atoms with van der Waals surface area (Å²) in [5.74, 6) is 0.925. The molecular weight excluding hydrogens is 284 g/mol. The summed E-state index contributed by atoms with van der Waals surface area (Å²) in [5.41, 5.74) is 0.611. The molecule has 1 saturated carbocycles. The Labute approximate surface area is 128 Å². The van der Waals surface area contributed by atoms with Gasteiger partial charge in [-0.25, -0.2) is 0 Å². The molecule has 2 aromatic rings. The van der Waals surface area contributed by atoms with Crippen molar-refractivity contribution in [2.24, 2.45) is 0 Å². The molecule has 1 heterocycles. The lowest BCUT2D eigenvalue weighted by Gasteiger charge is -2.21. The Morgan fingerprint density at radius 1 is 1.41 bits per heavy atom. The summed E-state index contributed by atoms with van der Waals surface area (Å²) in [5, 5.41) is 14.7. The Morgan fingerprint density at radius 3 is 2.91 bits per heavy atom. The number of non-ortho nitro benzene ring substituents is 1. The highest BCUT2D eigenvalue weighted by Crippen LogP contribution is 2.25. The van der Waals surface area contributed by atoms with E-state index < -0.39 is 4.92 Å². The second-order valence-electron chi connectivity index (χ2n) is 5.67. The summed E-state index contributed by atoms with van der Waals surface area (Å²) < 4.78 is 5.28. The molecule has 116 valence electrons. The number of aromatic nitrogens is 2. The zero-order chi connectivity index (χ0) is 15.5. The smallest absolute Gasteiger partial charge is 0.270 e. The molecule has 0 saturated heterocycles. The van der Waals surface area contributed by atoms with Crippen LogP contribution in [0, 0.1) is 10.1 Å². The molecule has 7 heteroatoms. The fourth-order valence-corrected chi connectivity index (χ4v) is 2.88. The fourth-order valence-electron chi connectivity index (χ4n) is 2.88. The average molecular weight is 302 g/mol. The Kier molecular flexibility index (Phi) is 4.15. The van der Waals surface area contributed by atoms with Crippen LogP contribution in [0.3, 0.4) is 0 Å². The van der Waals surface area contributed by atoms with Crippen molar-refractivity contribution in [3.05, 3.63) is 40.3 Å². The first-order chi connectivity index (χ1) is 10.6. The molecule has 0 spiro atoms. The van der Waals surface area contributed by atoms with Crippen LogP contribution in [0.15, 0.2) is 28.8 Å². The van der Waals surface area contributed by atoms with Crippen molar-refractivity contribution < 1.29 is 9.45 Å². The predicted octanol–water partition coefficient (Wildman–Crippen LogP) is 3.02. The van der Waals surface area contributed by atoms with Gasteiger partial charge >= 0.3 is 0 Å². The quantitative estimate of drug-likeness (QED) is 0.623. The van der Waals surface area contributed by atoms with Gasteiger partial charge in [0, 0.05) is 23.7 Å². The van der Waals surface area contributed by atoms with E-state index in [1.807, 2.05) is 0 Å². The van der Waals surface area contributed by atoms with Crippen LogP contribution in [-0.2, 0) is 6.54 Å². The topological polar surface area (TPSA) is 85.3 Å². The van der Waals surface area contributed by atoms with Gasteiger partial charge in [-0.3, -0.25) is 15.0 Å². The molecule has 0 aliphatic heterocycles. The highest BCUT2D eigenvalue weighted by Gasteiger charge is 2.21. The summed E-state index contributed by atoms with van der Waals surface area (Å²) in [6.45, 7) is 0.604.